The SMILES string of the molecule is CCOC(=O)c1cc(-c2ccc(N3CCC(C#N)CC3)nc2)c2c(C(C)C)nn(-c3cccc(N(C)C)c3)c2n1. The smallest absolute Gasteiger partial charge is 0.357 e. The van der Waals surface area contributed by atoms with Crippen LogP contribution in [0, 0.1) is 17.2 Å². The van der Waals surface area contributed by atoms with E-state index in [1.54, 1.807) is 13.0 Å². The third kappa shape index (κ3) is 5.22. The second-order valence-corrected chi connectivity index (χ2v) is 10.6. The Balaban J connectivity index is 1.66. The molecule has 206 valence electrons. The molecule has 0 radical (unpaired) electrons. The van der Waals surface area contributed by atoms with Gasteiger partial charge in [0, 0.05) is 50.6 Å². The molecule has 1 saturated heterocycles. The molecule has 0 atom stereocenters. The van der Waals surface area contributed by atoms with Crippen molar-refractivity contribution >= 4 is 28.5 Å². The van der Waals surface area contributed by atoms with Crippen molar-refractivity contribution in [2.45, 2.75) is 39.5 Å². The molecule has 40 heavy (non-hydrogen) atoms. The molecule has 0 bridgehead atoms. The number of esters is 1. The van der Waals surface area contributed by atoms with Crippen LogP contribution in [0.4, 0.5) is 11.5 Å². The summed E-state index contributed by atoms with van der Waals surface area (Å²) in [4.78, 5) is 26.8. The van der Waals surface area contributed by atoms with Gasteiger partial charge in [-0.3, -0.25) is 0 Å². The summed E-state index contributed by atoms with van der Waals surface area (Å²) in [6.45, 7) is 7.89. The van der Waals surface area contributed by atoms with Gasteiger partial charge >= 0.3 is 5.97 Å². The van der Waals surface area contributed by atoms with E-state index in [0.717, 1.165) is 65.3 Å². The molecule has 0 unspecified atom stereocenters. The quantitative estimate of drug-likeness (QED) is 0.281. The molecule has 1 aliphatic rings. The van der Waals surface area contributed by atoms with Crippen LogP contribution >= 0.6 is 0 Å². The number of hydrogen-bond acceptors (Lipinski definition) is 8. The number of carbonyl (C=O) groups is 1. The number of rotatable bonds is 7. The van der Waals surface area contributed by atoms with Crippen LogP contribution in [0.1, 0.15) is 55.7 Å². The molecule has 5 rings (SSSR count). The summed E-state index contributed by atoms with van der Waals surface area (Å²) in [6, 6.07) is 16.3. The van der Waals surface area contributed by atoms with Gasteiger partial charge < -0.3 is 14.5 Å². The maximum absolute atomic E-state index is 12.9. The Morgan fingerprint density at radius 2 is 1.95 bits per heavy atom. The van der Waals surface area contributed by atoms with Crippen molar-refractivity contribution in [2.24, 2.45) is 5.92 Å². The lowest BCUT2D eigenvalue weighted by Gasteiger charge is -2.30. The molecule has 0 saturated carbocycles. The van der Waals surface area contributed by atoms with Gasteiger partial charge in [0.15, 0.2) is 11.3 Å². The first-order valence-electron chi connectivity index (χ1n) is 13.8. The fraction of sp³-hybridized carbons (Fsp3) is 0.387. The molecule has 4 aromatic rings. The first-order valence-corrected chi connectivity index (χ1v) is 13.8. The number of pyridine rings is 2. The molecule has 1 aliphatic heterocycles. The number of fused-ring (bicyclic) bond motifs is 1. The van der Waals surface area contributed by atoms with E-state index in [-0.39, 0.29) is 24.1 Å². The maximum atomic E-state index is 12.9. The van der Waals surface area contributed by atoms with Crippen LogP contribution in [0.2, 0.25) is 0 Å². The summed E-state index contributed by atoms with van der Waals surface area (Å²) >= 11 is 0. The number of piperidine rings is 1. The third-order valence-corrected chi connectivity index (χ3v) is 7.35. The standard InChI is InChI=1S/C31H35N7O2/c1-6-40-31(39)26-17-25(22-10-11-27(33-19-22)37-14-12-21(18-32)13-15-37)28-29(20(2)3)35-38(30(28)34-26)24-9-7-8-23(16-24)36(4)5/h7-11,16-17,19-21H,6,12-15H2,1-5H3. The highest BCUT2D eigenvalue weighted by molar-refractivity contribution is 6.00. The molecule has 1 aromatic carbocycles. The van der Waals surface area contributed by atoms with E-state index in [0.29, 0.717) is 5.65 Å². The van der Waals surface area contributed by atoms with Crippen molar-refractivity contribution in [1.82, 2.24) is 19.7 Å². The van der Waals surface area contributed by atoms with E-state index in [9.17, 15) is 10.1 Å². The van der Waals surface area contributed by atoms with E-state index in [4.69, 9.17) is 19.8 Å². The predicted molar refractivity (Wildman–Crippen MR) is 157 cm³/mol. The number of nitriles is 1. The molecule has 0 amide bonds. The molecule has 4 heterocycles. The summed E-state index contributed by atoms with van der Waals surface area (Å²) in [7, 11) is 3.99. The van der Waals surface area contributed by atoms with Crippen LogP contribution < -0.4 is 9.80 Å². The highest BCUT2D eigenvalue weighted by atomic mass is 16.5. The van der Waals surface area contributed by atoms with Crippen LogP contribution in [0.3, 0.4) is 0 Å². The summed E-state index contributed by atoms with van der Waals surface area (Å²) in [5.41, 5.74) is 5.33. The summed E-state index contributed by atoms with van der Waals surface area (Å²) in [6.07, 6.45) is 3.54. The molecule has 9 nitrogen and oxygen atoms in total. The minimum absolute atomic E-state index is 0.114. The topological polar surface area (TPSA) is 100 Å². The number of carbonyl (C=O) groups excluding carboxylic acids is 1. The monoisotopic (exact) mass is 537 g/mol. The summed E-state index contributed by atoms with van der Waals surface area (Å²) in [5, 5.41) is 15.2. The lowest BCUT2D eigenvalue weighted by Crippen LogP contribution is -2.33. The van der Waals surface area contributed by atoms with Gasteiger partial charge in [-0.1, -0.05) is 19.9 Å². The maximum Gasteiger partial charge on any atom is 0.357 e. The average molecular weight is 538 g/mol. The molecular formula is C31H35N7O2. The van der Waals surface area contributed by atoms with Gasteiger partial charge in [0.1, 0.15) is 5.82 Å². The molecule has 0 spiro atoms. The Morgan fingerprint density at radius 3 is 2.58 bits per heavy atom. The van der Waals surface area contributed by atoms with Crippen molar-refractivity contribution in [2.75, 3.05) is 43.6 Å². The number of hydrogen-bond donors (Lipinski definition) is 0. The molecular weight excluding hydrogens is 502 g/mol. The Labute approximate surface area is 235 Å². The zero-order valence-electron chi connectivity index (χ0n) is 23.8. The minimum Gasteiger partial charge on any atom is -0.461 e. The molecule has 1 fully saturated rings. The van der Waals surface area contributed by atoms with Crippen LogP contribution in [-0.2, 0) is 4.74 Å². The highest BCUT2D eigenvalue weighted by Crippen LogP contribution is 2.36. The van der Waals surface area contributed by atoms with E-state index < -0.39 is 5.97 Å². The van der Waals surface area contributed by atoms with Gasteiger partial charge in [-0.2, -0.15) is 10.4 Å². The van der Waals surface area contributed by atoms with Gasteiger partial charge in [-0.05, 0) is 67.6 Å². The van der Waals surface area contributed by atoms with Crippen LogP contribution in [0.5, 0.6) is 0 Å². The van der Waals surface area contributed by atoms with Crippen molar-refractivity contribution < 1.29 is 9.53 Å². The van der Waals surface area contributed by atoms with Gasteiger partial charge in [0.2, 0.25) is 0 Å². The first kappa shape index (κ1) is 27.1. The van der Waals surface area contributed by atoms with Crippen molar-refractivity contribution in [3.63, 3.8) is 0 Å². The van der Waals surface area contributed by atoms with E-state index in [2.05, 4.69) is 30.9 Å². The minimum atomic E-state index is -0.475. The second-order valence-electron chi connectivity index (χ2n) is 10.6. The van der Waals surface area contributed by atoms with E-state index in [1.165, 1.54) is 0 Å². The van der Waals surface area contributed by atoms with Crippen molar-refractivity contribution in [1.29, 1.82) is 5.26 Å². The van der Waals surface area contributed by atoms with E-state index in [1.807, 2.05) is 60.2 Å². The van der Waals surface area contributed by atoms with Gasteiger partial charge in [-0.15, -0.1) is 0 Å². The average Bonchev–Trinajstić information content (AvgIpc) is 3.37. The lowest BCUT2D eigenvalue weighted by atomic mass is 9.97. The number of aromatic nitrogens is 4. The number of benzene rings is 1. The second kappa shape index (κ2) is 11.3. The fourth-order valence-electron chi connectivity index (χ4n) is 5.14. The highest BCUT2D eigenvalue weighted by Gasteiger charge is 2.25. The zero-order chi connectivity index (χ0) is 28.4. The molecule has 0 aliphatic carbocycles. The lowest BCUT2D eigenvalue weighted by molar-refractivity contribution is 0.0520. The largest absolute Gasteiger partial charge is 0.461 e. The Bertz CT molecular complexity index is 1560. The van der Waals surface area contributed by atoms with Crippen LogP contribution in [-0.4, -0.2) is 59.5 Å². The molecule has 9 heteroatoms. The van der Waals surface area contributed by atoms with Gasteiger partial charge in [-0.25, -0.2) is 19.4 Å². The molecule has 0 N–H and O–H groups in total. The third-order valence-electron chi connectivity index (χ3n) is 7.35. The number of anilines is 2. The Hall–Kier alpha value is -4.45. The van der Waals surface area contributed by atoms with Crippen LogP contribution in [0.25, 0.3) is 27.8 Å². The van der Waals surface area contributed by atoms with Gasteiger partial charge in [0.25, 0.3) is 0 Å². The van der Waals surface area contributed by atoms with Crippen LogP contribution in [0.15, 0.2) is 48.7 Å². The van der Waals surface area contributed by atoms with Crippen molar-refractivity contribution in [3.8, 4) is 22.9 Å². The first-order chi connectivity index (χ1) is 19.3. The number of nitrogens with zero attached hydrogens (tertiary/aromatic N) is 7. The fourth-order valence-corrected chi connectivity index (χ4v) is 5.14. The summed E-state index contributed by atoms with van der Waals surface area (Å²) < 4.78 is 7.18. The predicted octanol–water partition coefficient (Wildman–Crippen LogP) is 5.59. The van der Waals surface area contributed by atoms with E-state index >= 15 is 0 Å². The molecule has 3 aromatic heterocycles. The van der Waals surface area contributed by atoms with Crippen molar-refractivity contribution in [3.05, 3.63) is 60.0 Å². The zero-order valence-corrected chi connectivity index (χ0v) is 23.8. The normalized spacial score (nSPS) is 14.0. The van der Waals surface area contributed by atoms with Gasteiger partial charge in [0.05, 0.1) is 29.4 Å². The number of ether oxygens (including phenoxy) is 1. The summed E-state index contributed by atoms with van der Waals surface area (Å²) in [5.74, 6) is 0.641. The Morgan fingerprint density at radius 1 is 1.18 bits per heavy atom. The Kier molecular flexibility index (Phi) is 7.69.